The Hall–Kier alpha value is -4.09. The molecular formula is C27H19ClN2O3. The number of ether oxygens (including phenoxy) is 1. The number of fused-ring (bicyclic) bond motifs is 1. The quantitative estimate of drug-likeness (QED) is 0.290. The van der Waals surface area contributed by atoms with Gasteiger partial charge in [-0.15, -0.1) is 0 Å². The molecule has 162 valence electrons. The van der Waals surface area contributed by atoms with Gasteiger partial charge in [-0.25, -0.2) is 9.69 Å². The zero-order valence-electron chi connectivity index (χ0n) is 17.5. The summed E-state index contributed by atoms with van der Waals surface area (Å²) in [4.78, 5) is 26.2. The standard InChI is InChI=1S/C27H19ClN2O3/c28-21-8-4-9-22(16-21)30-26(31)25(29-27(30)32)15-18-11-13-23(14-12-18)33-17-20-7-3-6-19-5-1-2-10-24(19)20/h1-16H,17H2,(H,29,32)/b25-15+. The highest BCUT2D eigenvalue weighted by Crippen LogP contribution is 2.26. The molecule has 0 bridgehead atoms. The first-order valence-electron chi connectivity index (χ1n) is 10.4. The normalized spacial score (nSPS) is 14.7. The maximum Gasteiger partial charge on any atom is 0.333 e. The van der Waals surface area contributed by atoms with Gasteiger partial charge in [-0.1, -0.05) is 72.3 Å². The fraction of sp³-hybridized carbons (Fsp3) is 0.0370. The first kappa shape index (κ1) is 20.8. The van der Waals surface area contributed by atoms with Crippen LogP contribution in [0.3, 0.4) is 0 Å². The Morgan fingerprint density at radius 2 is 1.64 bits per heavy atom. The fourth-order valence-electron chi connectivity index (χ4n) is 3.79. The highest BCUT2D eigenvalue weighted by Gasteiger charge is 2.34. The van der Waals surface area contributed by atoms with Gasteiger partial charge in [-0.2, -0.15) is 0 Å². The Morgan fingerprint density at radius 3 is 2.45 bits per heavy atom. The van der Waals surface area contributed by atoms with E-state index >= 15 is 0 Å². The molecular weight excluding hydrogens is 436 g/mol. The smallest absolute Gasteiger partial charge is 0.333 e. The lowest BCUT2D eigenvalue weighted by Crippen LogP contribution is -2.30. The topological polar surface area (TPSA) is 58.6 Å². The zero-order chi connectivity index (χ0) is 22.8. The van der Waals surface area contributed by atoms with Gasteiger partial charge in [0, 0.05) is 5.02 Å². The van der Waals surface area contributed by atoms with Crippen LogP contribution in [0, 0.1) is 0 Å². The number of benzene rings is 4. The van der Waals surface area contributed by atoms with Crippen molar-refractivity contribution in [3.05, 3.63) is 113 Å². The summed E-state index contributed by atoms with van der Waals surface area (Å²) in [7, 11) is 0. The third kappa shape index (κ3) is 4.31. The molecule has 5 nitrogen and oxygen atoms in total. The molecule has 0 spiro atoms. The Balaban J connectivity index is 1.29. The molecule has 1 heterocycles. The Kier molecular flexibility index (Phi) is 5.55. The summed E-state index contributed by atoms with van der Waals surface area (Å²) < 4.78 is 5.97. The van der Waals surface area contributed by atoms with Gasteiger partial charge in [-0.05, 0) is 58.3 Å². The number of hydrogen-bond acceptors (Lipinski definition) is 3. The zero-order valence-corrected chi connectivity index (χ0v) is 18.3. The molecule has 1 aliphatic rings. The Morgan fingerprint density at radius 1 is 0.879 bits per heavy atom. The molecule has 6 heteroatoms. The monoisotopic (exact) mass is 454 g/mol. The Bertz CT molecular complexity index is 1390. The molecule has 0 unspecified atom stereocenters. The number of halogens is 1. The van der Waals surface area contributed by atoms with Gasteiger partial charge >= 0.3 is 6.03 Å². The molecule has 4 aromatic carbocycles. The van der Waals surface area contributed by atoms with E-state index in [1.54, 1.807) is 30.3 Å². The van der Waals surface area contributed by atoms with E-state index in [0.29, 0.717) is 23.1 Å². The third-order valence-electron chi connectivity index (χ3n) is 5.41. The summed E-state index contributed by atoms with van der Waals surface area (Å²) in [6.45, 7) is 0.449. The summed E-state index contributed by atoms with van der Waals surface area (Å²) in [5, 5.41) is 5.42. The highest BCUT2D eigenvalue weighted by molar-refractivity contribution is 6.32. The van der Waals surface area contributed by atoms with Gasteiger partial charge in [-0.3, -0.25) is 4.79 Å². The van der Waals surface area contributed by atoms with Crippen LogP contribution in [-0.2, 0) is 11.4 Å². The summed E-state index contributed by atoms with van der Waals surface area (Å²) in [6, 6.07) is 27.8. The van der Waals surface area contributed by atoms with Crippen molar-refractivity contribution in [3.8, 4) is 5.75 Å². The third-order valence-corrected chi connectivity index (χ3v) is 5.65. The lowest BCUT2D eigenvalue weighted by atomic mass is 10.1. The van der Waals surface area contributed by atoms with Crippen molar-refractivity contribution in [2.24, 2.45) is 0 Å². The van der Waals surface area contributed by atoms with E-state index in [1.807, 2.05) is 42.5 Å². The molecule has 0 aromatic heterocycles. The van der Waals surface area contributed by atoms with E-state index in [0.717, 1.165) is 16.0 Å². The summed E-state index contributed by atoms with van der Waals surface area (Å²) in [6.07, 6.45) is 1.64. The second-order valence-electron chi connectivity index (χ2n) is 7.60. The predicted molar refractivity (Wildman–Crippen MR) is 130 cm³/mol. The largest absolute Gasteiger partial charge is 0.489 e. The van der Waals surface area contributed by atoms with Crippen LogP contribution in [-0.4, -0.2) is 11.9 Å². The molecule has 4 aromatic rings. The summed E-state index contributed by atoms with van der Waals surface area (Å²) in [5.41, 5.74) is 2.50. The number of nitrogens with zero attached hydrogens (tertiary/aromatic N) is 1. The van der Waals surface area contributed by atoms with E-state index in [4.69, 9.17) is 16.3 Å². The molecule has 1 fully saturated rings. The number of rotatable bonds is 5. The van der Waals surface area contributed by atoms with Crippen molar-refractivity contribution in [1.82, 2.24) is 5.32 Å². The van der Waals surface area contributed by atoms with Crippen molar-refractivity contribution in [1.29, 1.82) is 0 Å². The van der Waals surface area contributed by atoms with Gasteiger partial charge in [0.2, 0.25) is 0 Å². The molecule has 1 aliphatic heterocycles. The lowest BCUT2D eigenvalue weighted by Gasteiger charge is -2.11. The van der Waals surface area contributed by atoms with Crippen LogP contribution >= 0.6 is 11.6 Å². The number of urea groups is 1. The van der Waals surface area contributed by atoms with Crippen LogP contribution in [0.1, 0.15) is 11.1 Å². The molecule has 0 saturated carbocycles. The molecule has 0 aliphatic carbocycles. The van der Waals surface area contributed by atoms with Crippen LogP contribution in [0.25, 0.3) is 16.8 Å². The van der Waals surface area contributed by atoms with Crippen molar-refractivity contribution < 1.29 is 14.3 Å². The number of hydrogen-bond donors (Lipinski definition) is 1. The number of carbonyl (C=O) groups excluding carboxylic acids is 2. The van der Waals surface area contributed by atoms with Crippen LogP contribution in [0.2, 0.25) is 5.02 Å². The second kappa shape index (κ2) is 8.81. The molecule has 0 atom stereocenters. The van der Waals surface area contributed by atoms with E-state index in [1.165, 1.54) is 10.8 Å². The number of nitrogens with one attached hydrogen (secondary N) is 1. The van der Waals surface area contributed by atoms with Crippen LogP contribution in [0.5, 0.6) is 5.75 Å². The number of amides is 3. The summed E-state index contributed by atoms with van der Waals surface area (Å²) in [5.74, 6) is 0.283. The molecule has 0 radical (unpaired) electrons. The highest BCUT2D eigenvalue weighted by atomic mass is 35.5. The minimum absolute atomic E-state index is 0.199. The van der Waals surface area contributed by atoms with Gasteiger partial charge in [0.25, 0.3) is 5.91 Å². The SMILES string of the molecule is O=C1N/C(=C/c2ccc(OCc3cccc4ccccc34)cc2)C(=O)N1c1cccc(Cl)c1. The minimum atomic E-state index is -0.511. The van der Waals surface area contributed by atoms with Gasteiger partial charge < -0.3 is 10.1 Å². The van der Waals surface area contributed by atoms with E-state index in [-0.39, 0.29) is 5.70 Å². The Labute approximate surface area is 195 Å². The van der Waals surface area contributed by atoms with E-state index in [9.17, 15) is 9.59 Å². The average molecular weight is 455 g/mol. The van der Waals surface area contributed by atoms with Crippen molar-refractivity contribution in [2.45, 2.75) is 6.61 Å². The lowest BCUT2D eigenvalue weighted by molar-refractivity contribution is -0.113. The molecule has 1 saturated heterocycles. The maximum atomic E-state index is 12.8. The van der Waals surface area contributed by atoms with Crippen LogP contribution in [0.15, 0.2) is 96.7 Å². The maximum absolute atomic E-state index is 12.8. The minimum Gasteiger partial charge on any atom is -0.489 e. The molecule has 5 rings (SSSR count). The van der Waals surface area contributed by atoms with Crippen LogP contribution < -0.4 is 15.0 Å². The predicted octanol–water partition coefficient (Wildman–Crippen LogP) is 6.17. The fourth-order valence-corrected chi connectivity index (χ4v) is 3.98. The second-order valence-corrected chi connectivity index (χ2v) is 8.04. The van der Waals surface area contributed by atoms with Crippen LogP contribution in [0.4, 0.5) is 10.5 Å². The molecule has 3 amide bonds. The van der Waals surface area contributed by atoms with Gasteiger partial charge in [0.15, 0.2) is 0 Å². The van der Waals surface area contributed by atoms with Crippen molar-refractivity contribution in [3.63, 3.8) is 0 Å². The first-order valence-corrected chi connectivity index (χ1v) is 10.8. The van der Waals surface area contributed by atoms with E-state index in [2.05, 4.69) is 29.6 Å². The average Bonchev–Trinajstić information content (AvgIpc) is 3.11. The van der Waals surface area contributed by atoms with Crippen molar-refractivity contribution in [2.75, 3.05) is 4.90 Å². The molecule has 33 heavy (non-hydrogen) atoms. The number of carbonyl (C=O) groups is 2. The number of imide groups is 1. The molecule has 1 N–H and O–H groups in total. The van der Waals surface area contributed by atoms with Gasteiger partial charge in [0.1, 0.15) is 18.1 Å². The number of anilines is 1. The van der Waals surface area contributed by atoms with E-state index < -0.39 is 11.9 Å². The summed E-state index contributed by atoms with van der Waals surface area (Å²) >= 11 is 6.00. The van der Waals surface area contributed by atoms with Crippen molar-refractivity contribution >= 4 is 46.1 Å². The van der Waals surface area contributed by atoms with Gasteiger partial charge in [0.05, 0.1) is 5.69 Å². The first-order chi connectivity index (χ1) is 16.1.